The number of aliphatic imine (C=N–C) groups is 1. The van der Waals surface area contributed by atoms with Crippen molar-refractivity contribution in [2.45, 2.75) is 64.0 Å². The Morgan fingerprint density at radius 2 is 1.97 bits per heavy atom. The zero-order valence-corrected chi connectivity index (χ0v) is 18.4. The van der Waals surface area contributed by atoms with E-state index in [4.69, 9.17) is 14.2 Å². The summed E-state index contributed by atoms with van der Waals surface area (Å²) in [5, 5.41) is 6.67. The van der Waals surface area contributed by atoms with Gasteiger partial charge in [-0.2, -0.15) is 0 Å². The topological polar surface area (TPSA) is 77.0 Å². The second-order valence-corrected chi connectivity index (χ2v) is 8.22. The molecule has 0 aromatic carbocycles. The maximum absolute atomic E-state index is 6.00. The van der Waals surface area contributed by atoms with Gasteiger partial charge in [-0.1, -0.05) is 12.5 Å². The molecule has 1 saturated carbocycles. The Kier molecular flexibility index (Phi) is 10.2. The molecule has 2 fully saturated rings. The number of hydrogen-bond acceptors (Lipinski definition) is 5. The Labute approximate surface area is 181 Å². The van der Waals surface area contributed by atoms with Gasteiger partial charge >= 0.3 is 0 Å². The first-order valence-electron chi connectivity index (χ1n) is 11.5. The maximum atomic E-state index is 6.00. The zero-order valence-electron chi connectivity index (χ0n) is 18.4. The van der Waals surface area contributed by atoms with E-state index >= 15 is 0 Å². The average molecular weight is 419 g/mol. The van der Waals surface area contributed by atoms with Crippen molar-refractivity contribution >= 4 is 5.96 Å². The van der Waals surface area contributed by atoms with Crippen molar-refractivity contribution in [3.8, 4) is 5.88 Å². The van der Waals surface area contributed by atoms with Crippen molar-refractivity contribution in [1.29, 1.82) is 0 Å². The highest BCUT2D eigenvalue weighted by Crippen LogP contribution is 2.22. The van der Waals surface area contributed by atoms with Gasteiger partial charge in [0.15, 0.2) is 5.96 Å². The van der Waals surface area contributed by atoms with Crippen molar-refractivity contribution in [2.24, 2.45) is 10.9 Å². The van der Waals surface area contributed by atoms with Crippen molar-refractivity contribution < 1.29 is 14.2 Å². The predicted molar refractivity (Wildman–Crippen MR) is 119 cm³/mol. The number of rotatable bonds is 10. The fourth-order valence-corrected chi connectivity index (χ4v) is 3.89. The van der Waals surface area contributed by atoms with Gasteiger partial charge in [0.05, 0.1) is 0 Å². The number of guanidine groups is 1. The van der Waals surface area contributed by atoms with E-state index in [2.05, 4.69) is 26.7 Å². The highest BCUT2D eigenvalue weighted by atomic mass is 16.5. The first-order valence-corrected chi connectivity index (χ1v) is 11.5. The van der Waals surface area contributed by atoms with E-state index in [1.807, 2.05) is 12.3 Å². The van der Waals surface area contributed by atoms with E-state index in [-0.39, 0.29) is 0 Å². The van der Waals surface area contributed by atoms with E-state index in [1.54, 1.807) is 7.05 Å². The minimum absolute atomic E-state index is 0.332. The monoisotopic (exact) mass is 418 g/mol. The Balaban J connectivity index is 1.26. The van der Waals surface area contributed by atoms with Gasteiger partial charge in [0, 0.05) is 58.8 Å². The Morgan fingerprint density at radius 3 is 2.70 bits per heavy atom. The summed E-state index contributed by atoms with van der Waals surface area (Å²) in [6.07, 6.45) is 11.6. The standard InChI is InChI=1S/C23H38N4O3/c1-24-23(25-12-5-13-29-18-19-10-14-28-15-11-19)27-17-20-8-9-22(26-16-20)30-21-6-3-2-4-7-21/h8-9,16,19,21H,2-7,10-15,17-18H2,1H3,(H2,24,25,27). The lowest BCUT2D eigenvalue weighted by atomic mass is 9.98. The summed E-state index contributed by atoms with van der Waals surface area (Å²) < 4.78 is 17.2. The zero-order chi connectivity index (χ0) is 20.9. The van der Waals surface area contributed by atoms with Crippen LogP contribution in [0.4, 0.5) is 0 Å². The largest absolute Gasteiger partial charge is 0.474 e. The molecule has 2 N–H and O–H groups in total. The summed E-state index contributed by atoms with van der Waals surface area (Å²) in [6, 6.07) is 4.03. The molecule has 30 heavy (non-hydrogen) atoms. The lowest BCUT2D eigenvalue weighted by molar-refractivity contribution is 0.0203. The maximum Gasteiger partial charge on any atom is 0.213 e. The van der Waals surface area contributed by atoms with Gasteiger partial charge in [-0.25, -0.2) is 4.98 Å². The van der Waals surface area contributed by atoms with Crippen LogP contribution in [0.5, 0.6) is 5.88 Å². The quantitative estimate of drug-likeness (QED) is 0.345. The van der Waals surface area contributed by atoms with Gasteiger partial charge in [-0.05, 0) is 56.4 Å². The number of pyridine rings is 1. The molecule has 7 nitrogen and oxygen atoms in total. The third-order valence-corrected chi connectivity index (χ3v) is 5.77. The molecule has 2 heterocycles. The van der Waals surface area contributed by atoms with Crippen molar-refractivity contribution in [2.75, 3.05) is 40.0 Å². The molecule has 1 saturated heterocycles. The number of hydrogen-bond donors (Lipinski definition) is 2. The SMILES string of the molecule is CN=C(NCCCOCC1CCOCC1)NCc1ccc(OC2CCCCC2)nc1. The second-order valence-electron chi connectivity index (χ2n) is 8.22. The van der Waals surface area contributed by atoms with Gasteiger partial charge in [-0.15, -0.1) is 0 Å². The summed E-state index contributed by atoms with van der Waals surface area (Å²) in [4.78, 5) is 8.75. The molecule has 0 spiro atoms. The fourth-order valence-electron chi connectivity index (χ4n) is 3.89. The van der Waals surface area contributed by atoms with Gasteiger partial charge < -0.3 is 24.8 Å². The predicted octanol–water partition coefficient (Wildman–Crippen LogP) is 3.29. The third-order valence-electron chi connectivity index (χ3n) is 5.77. The van der Waals surface area contributed by atoms with E-state index < -0.39 is 0 Å². The van der Waals surface area contributed by atoms with Gasteiger partial charge in [0.2, 0.25) is 5.88 Å². The molecule has 168 valence electrons. The Hall–Kier alpha value is -1.86. The van der Waals surface area contributed by atoms with Crippen LogP contribution in [0.25, 0.3) is 0 Å². The molecule has 1 aromatic rings. The molecule has 0 bridgehead atoms. The summed E-state index contributed by atoms with van der Waals surface area (Å²) in [7, 11) is 1.79. The van der Waals surface area contributed by atoms with Crippen LogP contribution in [-0.4, -0.2) is 57.1 Å². The molecule has 0 radical (unpaired) electrons. The normalized spacial score (nSPS) is 18.9. The Morgan fingerprint density at radius 1 is 1.13 bits per heavy atom. The summed E-state index contributed by atoms with van der Waals surface area (Å²) in [5.41, 5.74) is 1.11. The highest BCUT2D eigenvalue weighted by Gasteiger charge is 2.15. The summed E-state index contributed by atoms with van der Waals surface area (Å²) >= 11 is 0. The molecule has 1 aliphatic carbocycles. The van der Waals surface area contributed by atoms with Crippen molar-refractivity contribution in [3.63, 3.8) is 0 Å². The summed E-state index contributed by atoms with van der Waals surface area (Å²) in [6.45, 7) is 4.89. The molecule has 1 aromatic heterocycles. The molecule has 2 aliphatic rings. The van der Waals surface area contributed by atoms with Crippen LogP contribution in [-0.2, 0) is 16.0 Å². The molecular formula is C23H38N4O3. The molecule has 0 unspecified atom stereocenters. The highest BCUT2D eigenvalue weighted by molar-refractivity contribution is 5.79. The van der Waals surface area contributed by atoms with Crippen LogP contribution in [0.1, 0.15) is 56.9 Å². The Bertz CT molecular complexity index is 611. The lowest BCUT2D eigenvalue weighted by Gasteiger charge is -2.22. The van der Waals surface area contributed by atoms with Gasteiger partial charge in [-0.3, -0.25) is 4.99 Å². The van der Waals surface area contributed by atoms with E-state index in [0.717, 1.165) is 82.5 Å². The van der Waals surface area contributed by atoms with E-state index in [1.165, 1.54) is 19.3 Å². The molecule has 7 heteroatoms. The van der Waals surface area contributed by atoms with Crippen LogP contribution in [0, 0.1) is 5.92 Å². The second kappa shape index (κ2) is 13.4. The number of nitrogens with zero attached hydrogens (tertiary/aromatic N) is 2. The van der Waals surface area contributed by atoms with Crippen LogP contribution in [0.15, 0.2) is 23.3 Å². The van der Waals surface area contributed by atoms with Crippen LogP contribution in [0.2, 0.25) is 0 Å². The lowest BCUT2D eigenvalue weighted by Crippen LogP contribution is -2.37. The number of aromatic nitrogens is 1. The van der Waals surface area contributed by atoms with Crippen molar-refractivity contribution in [1.82, 2.24) is 15.6 Å². The minimum Gasteiger partial charge on any atom is -0.474 e. The van der Waals surface area contributed by atoms with Crippen LogP contribution in [0.3, 0.4) is 0 Å². The minimum atomic E-state index is 0.332. The molecule has 0 amide bonds. The average Bonchev–Trinajstić information content (AvgIpc) is 2.80. The smallest absolute Gasteiger partial charge is 0.213 e. The fraction of sp³-hybridized carbons (Fsp3) is 0.739. The first-order chi connectivity index (χ1) is 14.8. The molecule has 3 rings (SSSR count). The van der Waals surface area contributed by atoms with E-state index in [9.17, 15) is 0 Å². The molecule has 0 atom stereocenters. The molecular weight excluding hydrogens is 380 g/mol. The third kappa shape index (κ3) is 8.48. The molecule has 1 aliphatic heterocycles. The number of nitrogens with one attached hydrogen (secondary N) is 2. The van der Waals surface area contributed by atoms with E-state index in [0.29, 0.717) is 18.6 Å². The first kappa shape index (κ1) is 22.8. The van der Waals surface area contributed by atoms with Gasteiger partial charge in [0.1, 0.15) is 6.10 Å². The number of ether oxygens (including phenoxy) is 3. The van der Waals surface area contributed by atoms with Crippen molar-refractivity contribution in [3.05, 3.63) is 23.9 Å². The van der Waals surface area contributed by atoms with Crippen LogP contribution >= 0.6 is 0 Å². The summed E-state index contributed by atoms with van der Waals surface area (Å²) in [5.74, 6) is 2.19. The van der Waals surface area contributed by atoms with Crippen LogP contribution < -0.4 is 15.4 Å². The van der Waals surface area contributed by atoms with Gasteiger partial charge in [0.25, 0.3) is 0 Å².